The van der Waals surface area contributed by atoms with Crippen molar-refractivity contribution in [3.63, 3.8) is 0 Å². The second-order valence-corrected chi connectivity index (χ2v) is 6.37. The van der Waals surface area contributed by atoms with Gasteiger partial charge in [-0.1, -0.05) is 25.1 Å². The molecule has 2 aliphatic rings. The summed E-state index contributed by atoms with van der Waals surface area (Å²) in [4.78, 5) is 26.6. The number of fused-ring (bicyclic) bond motifs is 2. The number of hydrogen-bond acceptors (Lipinski definition) is 5. The van der Waals surface area contributed by atoms with Crippen molar-refractivity contribution < 1.29 is 23.8 Å². The lowest BCUT2D eigenvalue weighted by Crippen LogP contribution is -2.49. The molecule has 140 valence electrons. The first-order valence-corrected chi connectivity index (χ1v) is 8.88. The fourth-order valence-corrected chi connectivity index (χ4v) is 3.15. The van der Waals surface area contributed by atoms with Crippen LogP contribution in [0.3, 0.4) is 0 Å². The average Bonchev–Trinajstić information content (AvgIpc) is 3.16. The van der Waals surface area contributed by atoms with E-state index in [1.807, 2.05) is 43.3 Å². The van der Waals surface area contributed by atoms with Gasteiger partial charge in [0.15, 0.2) is 17.6 Å². The highest BCUT2D eigenvalue weighted by Crippen LogP contribution is 2.34. The molecule has 0 aliphatic carbocycles. The highest BCUT2D eigenvalue weighted by atomic mass is 16.7. The van der Waals surface area contributed by atoms with Gasteiger partial charge in [0.1, 0.15) is 12.3 Å². The van der Waals surface area contributed by atoms with Gasteiger partial charge in [0, 0.05) is 6.54 Å². The number of rotatable bonds is 5. The van der Waals surface area contributed by atoms with Crippen molar-refractivity contribution in [1.29, 1.82) is 0 Å². The van der Waals surface area contributed by atoms with Crippen LogP contribution in [-0.2, 0) is 16.1 Å². The van der Waals surface area contributed by atoms with Crippen LogP contribution in [0.5, 0.6) is 17.2 Å². The SMILES string of the molecule is CCC1Oc2ccccc2N(CC(=O)NCc2ccc3c(c2)OCO3)C1=O. The maximum Gasteiger partial charge on any atom is 0.268 e. The topological polar surface area (TPSA) is 77.1 Å². The molecule has 1 N–H and O–H groups in total. The number of anilines is 1. The molecule has 1 unspecified atom stereocenters. The van der Waals surface area contributed by atoms with Crippen molar-refractivity contribution >= 4 is 17.5 Å². The van der Waals surface area contributed by atoms with Gasteiger partial charge < -0.3 is 19.5 Å². The number of carbonyl (C=O) groups excluding carboxylic acids is 2. The number of nitrogens with one attached hydrogen (secondary N) is 1. The Hall–Kier alpha value is -3.22. The Morgan fingerprint density at radius 3 is 2.81 bits per heavy atom. The van der Waals surface area contributed by atoms with Crippen molar-refractivity contribution in [3.05, 3.63) is 48.0 Å². The third-order valence-corrected chi connectivity index (χ3v) is 4.57. The molecule has 0 saturated heterocycles. The number of nitrogens with zero attached hydrogens (tertiary/aromatic N) is 1. The zero-order valence-corrected chi connectivity index (χ0v) is 14.9. The van der Waals surface area contributed by atoms with Crippen molar-refractivity contribution in [2.45, 2.75) is 26.0 Å². The van der Waals surface area contributed by atoms with Crippen LogP contribution in [0.15, 0.2) is 42.5 Å². The molecule has 2 aliphatic heterocycles. The van der Waals surface area contributed by atoms with Crippen LogP contribution in [0, 0.1) is 0 Å². The van der Waals surface area contributed by atoms with E-state index in [-0.39, 0.29) is 25.2 Å². The van der Waals surface area contributed by atoms with Gasteiger partial charge >= 0.3 is 0 Å². The summed E-state index contributed by atoms with van der Waals surface area (Å²) in [5, 5.41) is 2.85. The zero-order chi connectivity index (χ0) is 18.8. The predicted octanol–water partition coefficient (Wildman–Crippen LogP) is 2.24. The quantitative estimate of drug-likeness (QED) is 0.876. The maximum absolute atomic E-state index is 12.6. The summed E-state index contributed by atoms with van der Waals surface area (Å²) < 4.78 is 16.4. The number of ether oxygens (including phenoxy) is 3. The van der Waals surface area contributed by atoms with E-state index in [1.54, 1.807) is 6.07 Å². The summed E-state index contributed by atoms with van der Waals surface area (Å²) in [5.74, 6) is 1.55. The minimum Gasteiger partial charge on any atom is -0.478 e. The van der Waals surface area contributed by atoms with Gasteiger partial charge in [-0.2, -0.15) is 0 Å². The summed E-state index contributed by atoms with van der Waals surface area (Å²) in [6.45, 7) is 2.38. The van der Waals surface area contributed by atoms with Crippen LogP contribution in [0.25, 0.3) is 0 Å². The van der Waals surface area contributed by atoms with Crippen molar-refractivity contribution in [3.8, 4) is 17.2 Å². The minimum atomic E-state index is -0.568. The molecule has 0 fully saturated rings. The Morgan fingerprint density at radius 1 is 1.15 bits per heavy atom. The highest BCUT2D eigenvalue weighted by Gasteiger charge is 2.34. The van der Waals surface area contributed by atoms with Crippen molar-refractivity contribution in [2.75, 3.05) is 18.2 Å². The number of hydrogen-bond donors (Lipinski definition) is 1. The van der Waals surface area contributed by atoms with E-state index in [4.69, 9.17) is 14.2 Å². The lowest BCUT2D eigenvalue weighted by molar-refractivity contribution is -0.129. The molecule has 4 rings (SSSR count). The number of para-hydroxylation sites is 2. The molecule has 1 atom stereocenters. The standard InChI is InChI=1S/C20H20N2O5/c1-2-15-20(24)22(14-5-3-4-6-16(14)27-15)11-19(23)21-10-13-7-8-17-18(9-13)26-12-25-17/h3-9,15H,2,10-12H2,1H3,(H,21,23). The third-order valence-electron chi connectivity index (χ3n) is 4.57. The van der Waals surface area contributed by atoms with Gasteiger partial charge in [-0.05, 0) is 36.2 Å². The lowest BCUT2D eigenvalue weighted by Gasteiger charge is -2.33. The monoisotopic (exact) mass is 368 g/mol. The molecule has 7 heteroatoms. The molecule has 0 spiro atoms. The molecule has 0 bridgehead atoms. The van der Waals surface area contributed by atoms with Crippen LogP contribution in [0.1, 0.15) is 18.9 Å². The fraction of sp³-hybridized carbons (Fsp3) is 0.300. The Kier molecular flexibility index (Phi) is 4.58. The molecule has 27 heavy (non-hydrogen) atoms. The van der Waals surface area contributed by atoms with Gasteiger partial charge in [0.05, 0.1) is 5.69 Å². The van der Waals surface area contributed by atoms with Crippen LogP contribution in [0.2, 0.25) is 0 Å². The largest absolute Gasteiger partial charge is 0.478 e. The summed E-state index contributed by atoms with van der Waals surface area (Å²) in [6, 6.07) is 12.8. The summed E-state index contributed by atoms with van der Waals surface area (Å²) in [5.41, 5.74) is 1.51. The molecule has 0 radical (unpaired) electrons. The fourth-order valence-electron chi connectivity index (χ4n) is 3.15. The first-order valence-electron chi connectivity index (χ1n) is 8.88. The summed E-state index contributed by atoms with van der Waals surface area (Å²) in [7, 11) is 0. The Bertz CT molecular complexity index is 882. The van der Waals surface area contributed by atoms with E-state index in [0.717, 1.165) is 5.56 Å². The summed E-state index contributed by atoms with van der Waals surface area (Å²) in [6.07, 6.45) is -0.0239. The van der Waals surface area contributed by atoms with Crippen LogP contribution in [0.4, 0.5) is 5.69 Å². The minimum absolute atomic E-state index is 0.0553. The summed E-state index contributed by atoms with van der Waals surface area (Å²) >= 11 is 0. The van der Waals surface area contributed by atoms with Gasteiger partial charge in [0.25, 0.3) is 5.91 Å². The normalized spacial score (nSPS) is 17.3. The number of carbonyl (C=O) groups is 2. The molecule has 2 aromatic rings. The predicted molar refractivity (Wildman–Crippen MR) is 97.9 cm³/mol. The van der Waals surface area contributed by atoms with E-state index >= 15 is 0 Å². The molecule has 2 heterocycles. The second kappa shape index (κ2) is 7.19. The van der Waals surface area contributed by atoms with Gasteiger partial charge in [-0.15, -0.1) is 0 Å². The average molecular weight is 368 g/mol. The highest BCUT2D eigenvalue weighted by molar-refractivity contribution is 6.03. The van der Waals surface area contributed by atoms with Gasteiger partial charge in [-0.25, -0.2) is 0 Å². The lowest BCUT2D eigenvalue weighted by atomic mass is 10.1. The second-order valence-electron chi connectivity index (χ2n) is 6.37. The first kappa shape index (κ1) is 17.2. The van der Waals surface area contributed by atoms with E-state index in [1.165, 1.54) is 4.90 Å². The Labute approximate surface area is 156 Å². The van der Waals surface area contributed by atoms with Crippen molar-refractivity contribution in [2.24, 2.45) is 0 Å². The van der Waals surface area contributed by atoms with E-state index in [9.17, 15) is 9.59 Å². The molecular weight excluding hydrogens is 348 g/mol. The van der Waals surface area contributed by atoms with Crippen LogP contribution >= 0.6 is 0 Å². The van der Waals surface area contributed by atoms with Gasteiger partial charge in [0.2, 0.25) is 12.7 Å². The number of benzene rings is 2. The van der Waals surface area contributed by atoms with Gasteiger partial charge in [-0.3, -0.25) is 14.5 Å². The van der Waals surface area contributed by atoms with E-state index < -0.39 is 6.10 Å². The molecule has 7 nitrogen and oxygen atoms in total. The van der Waals surface area contributed by atoms with E-state index in [2.05, 4.69) is 5.32 Å². The molecule has 2 amide bonds. The van der Waals surface area contributed by atoms with E-state index in [0.29, 0.717) is 35.9 Å². The number of amides is 2. The molecule has 0 aromatic heterocycles. The Balaban J connectivity index is 1.43. The maximum atomic E-state index is 12.6. The van der Waals surface area contributed by atoms with Crippen LogP contribution < -0.4 is 24.4 Å². The third kappa shape index (κ3) is 3.40. The Morgan fingerprint density at radius 2 is 1.96 bits per heavy atom. The van der Waals surface area contributed by atoms with Crippen molar-refractivity contribution in [1.82, 2.24) is 5.32 Å². The smallest absolute Gasteiger partial charge is 0.268 e. The zero-order valence-electron chi connectivity index (χ0n) is 14.9. The first-order chi connectivity index (χ1) is 13.2. The molecule has 0 saturated carbocycles. The molecule has 2 aromatic carbocycles. The molecular formula is C20H20N2O5. The van der Waals surface area contributed by atoms with Crippen LogP contribution in [-0.4, -0.2) is 31.3 Å².